The predicted octanol–water partition coefficient (Wildman–Crippen LogP) is -1.48. The van der Waals surface area contributed by atoms with Gasteiger partial charge in [0.25, 0.3) is 0 Å². The van der Waals surface area contributed by atoms with Crippen LogP contribution >= 0.6 is 0 Å². The van der Waals surface area contributed by atoms with Crippen molar-refractivity contribution in [3.8, 4) is 0 Å². The zero-order valence-corrected chi connectivity index (χ0v) is 10.2. The summed E-state index contributed by atoms with van der Waals surface area (Å²) in [6, 6.07) is 8.93. The number of para-hydroxylation sites is 1. The van der Waals surface area contributed by atoms with Gasteiger partial charge >= 0.3 is 0 Å². The molecule has 0 saturated carbocycles. The first-order valence-electron chi connectivity index (χ1n) is 5.73. The van der Waals surface area contributed by atoms with E-state index in [0.717, 1.165) is 6.21 Å². The predicted molar refractivity (Wildman–Crippen MR) is 69.7 cm³/mol. The lowest BCUT2D eigenvalue weighted by atomic mass is 10.0. The summed E-state index contributed by atoms with van der Waals surface area (Å²) < 4.78 is 0. The zero-order chi connectivity index (χ0) is 14.3. The molecule has 1 rings (SSSR count). The molecule has 6 N–H and O–H groups in total. The summed E-state index contributed by atoms with van der Waals surface area (Å²) in [6.45, 7) is -0.718. The van der Waals surface area contributed by atoms with E-state index in [4.69, 9.17) is 10.2 Å². The van der Waals surface area contributed by atoms with E-state index in [1.54, 1.807) is 24.3 Å². The van der Waals surface area contributed by atoms with Crippen LogP contribution in [-0.4, -0.2) is 62.8 Å². The van der Waals surface area contributed by atoms with Gasteiger partial charge in [-0.25, -0.2) is 0 Å². The van der Waals surface area contributed by atoms with Crippen LogP contribution in [0.25, 0.3) is 0 Å². The van der Waals surface area contributed by atoms with Crippen molar-refractivity contribution in [3.63, 3.8) is 0 Å². The highest BCUT2D eigenvalue weighted by Gasteiger charge is 2.29. The molecule has 106 valence electrons. The Labute approximate surface area is 110 Å². The minimum Gasteiger partial charge on any atom is -0.394 e. The summed E-state index contributed by atoms with van der Waals surface area (Å²) in [5, 5.41) is 49.8. The smallest absolute Gasteiger partial charge is 0.119 e. The molecular formula is C12H18N2O5. The maximum absolute atomic E-state index is 9.52. The number of aliphatic hydroxyl groups excluding tert-OH is 5. The molecule has 0 aliphatic carbocycles. The molecule has 0 spiro atoms. The molecule has 0 unspecified atom stereocenters. The van der Waals surface area contributed by atoms with E-state index in [-0.39, 0.29) is 0 Å². The van der Waals surface area contributed by atoms with Gasteiger partial charge in [-0.1, -0.05) is 18.2 Å². The maximum atomic E-state index is 9.52. The summed E-state index contributed by atoms with van der Waals surface area (Å²) in [5.74, 6) is 0. The highest BCUT2D eigenvalue weighted by molar-refractivity contribution is 5.65. The minimum absolute atomic E-state index is 0.691. The number of hydrogen-bond donors (Lipinski definition) is 6. The average Bonchev–Trinajstić information content (AvgIpc) is 2.45. The Morgan fingerprint density at radius 3 is 2.26 bits per heavy atom. The van der Waals surface area contributed by atoms with Gasteiger partial charge in [0.05, 0.1) is 18.5 Å². The Balaban J connectivity index is 2.47. The van der Waals surface area contributed by atoms with Crippen LogP contribution < -0.4 is 5.43 Å². The largest absolute Gasteiger partial charge is 0.394 e. The Morgan fingerprint density at radius 2 is 1.68 bits per heavy atom. The summed E-state index contributed by atoms with van der Waals surface area (Å²) in [7, 11) is 0. The highest BCUT2D eigenvalue weighted by Crippen LogP contribution is 2.06. The fourth-order valence-corrected chi connectivity index (χ4v) is 1.33. The van der Waals surface area contributed by atoms with Gasteiger partial charge in [-0.3, -0.25) is 5.43 Å². The van der Waals surface area contributed by atoms with E-state index in [2.05, 4.69) is 10.5 Å². The summed E-state index contributed by atoms with van der Waals surface area (Å²) >= 11 is 0. The standard InChI is InChI=1S/C12H18N2O5/c15-7-10(17)12(19)11(18)9(16)6-13-14-8-4-2-1-3-5-8/h1-6,9-12,14-19H,7H2/b13-6+/t9-,10-,11-,12-/m0/s1. The van der Waals surface area contributed by atoms with Gasteiger partial charge in [0.2, 0.25) is 0 Å². The molecule has 0 saturated heterocycles. The lowest BCUT2D eigenvalue weighted by Crippen LogP contribution is -2.46. The molecule has 7 nitrogen and oxygen atoms in total. The molecule has 7 heteroatoms. The number of hydrazone groups is 1. The Morgan fingerprint density at radius 1 is 1.05 bits per heavy atom. The van der Waals surface area contributed by atoms with E-state index in [0.29, 0.717) is 5.69 Å². The molecule has 0 aliphatic heterocycles. The van der Waals surface area contributed by atoms with Crippen LogP contribution in [0.2, 0.25) is 0 Å². The van der Waals surface area contributed by atoms with Crippen molar-refractivity contribution >= 4 is 11.9 Å². The molecule has 0 aromatic heterocycles. The minimum atomic E-state index is -1.66. The lowest BCUT2D eigenvalue weighted by Gasteiger charge is -2.23. The second kappa shape index (κ2) is 7.82. The molecular weight excluding hydrogens is 252 g/mol. The highest BCUT2D eigenvalue weighted by atomic mass is 16.4. The van der Waals surface area contributed by atoms with Crippen molar-refractivity contribution in [3.05, 3.63) is 30.3 Å². The van der Waals surface area contributed by atoms with Gasteiger partial charge in [-0.15, -0.1) is 0 Å². The van der Waals surface area contributed by atoms with Crippen LogP contribution in [-0.2, 0) is 0 Å². The van der Waals surface area contributed by atoms with Crippen molar-refractivity contribution in [1.82, 2.24) is 0 Å². The lowest BCUT2D eigenvalue weighted by molar-refractivity contribution is -0.0999. The molecule has 0 bridgehead atoms. The quantitative estimate of drug-likeness (QED) is 0.265. The van der Waals surface area contributed by atoms with Crippen molar-refractivity contribution < 1.29 is 25.5 Å². The third-order valence-electron chi connectivity index (χ3n) is 2.48. The fourth-order valence-electron chi connectivity index (χ4n) is 1.33. The summed E-state index contributed by atoms with van der Waals surface area (Å²) in [5.41, 5.74) is 3.31. The Bertz CT molecular complexity index is 387. The van der Waals surface area contributed by atoms with Gasteiger partial charge in [0, 0.05) is 0 Å². The van der Waals surface area contributed by atoms with Gasteiger partial charge in [-0.2, -0.15) is 5.10 Å². The molecule has 19 heavy (non-hydrogen) atoms. The number of benzene rings is 1. The van der Waals surface area contributed by atoms with Crippen LogP contribution in [0.15, 0.2) is 35.4 Å². The first-order valence-corrected chi connectivity index (χ1v) is 5.73. The van der Waals surface area contributed by atoms with E-state index < -0.39 is 31.0 Å². The number of rotatable bonds is 7. The second-order valence-corrected chi connectivity index (χ2v) is 3.98. The van der Waals surface area contributed by atoms with Crippen molar-refractivity contribution in [2.45, 2.75) is 24.4 Å². The number of hydrogen-bond acceptors (Lipinski definition) is 7. The number of anilines is 1. The van der Waals surface area contributed by atoms with E-state index >= 15 is 0 Å². The first kappa shape index (κ1) is 15.5. The van der Waals surface area contributed by atoms with E-state index in [9.17, 15) is 15.3 Å². The molecule has 0 aliphatic rings. The van der Waals surface area contributed by atoms with Crippen LogP contribution in [0.1, 0.15) is 0 Å². The topological polar surface area (TPSA) is 126 Å². The van der Waals surface area contributed by atoms with Crippen LogP contribution in [0.4, 0.5) is 5.69 Å². The van der Waals surface area contributed by atoms with Gasteiger partial charge in [0.1, 0.15) is 24.4 Å². The Kier molecular flexibility index (Phi) is 6.40. The van der Waals surface area contributed by atoms with Crippen molar-refractivity contribution in [1.29, 1.82) is 0 Å². The number of aliphatic hydroxyl groups is 5. The fraction of sp³-hybridized carbons (Fsp3) is 0.417. The summed E-state index contributed by atoms with van der Waals surface area (Å²) in [6.07, 6.45) is -5.33. The van der Waals surface area contributed by atoms with Gasteiger partial charge in [-0.05, 0) is 12.1 Å². The van der Waals surface area contributed by atoms with Gasteiger partial charge < -0.3 is 25.5 Å². The van der Waals surface area contributed by atoms with Crippen molar-refractivity contribution in [2.75, 3.05) is 12.0 Å². The number of nitrogens with one attached hydrogen (secondary N) is 1. The monoisotopic (exact) mass is 270 g/mol. The maximum Gasteiger partial charge on any atom is 0.119 e. The molecule has 0 radical (unpaired) electrons. The van der Waals surface area contributed by atoms with Crippen LogP contribution in [0, 0.1) is 0 Å². The Hall–Kier alpha value is -1.51. The van der Waals surface area contributed by atoms with E-state index in [1.807, 2.05) is 6.07 Å². The molecule has 0 amide bonds. The molecule has 0 heterocycles. The molecule has 4 atom stereocenters. The van der Waals surface area contributed by atoms with Crippen molar-refractivity contribution in [2.24, 2.45) is 5.10 Å². The van der Waals surface area contributed by atoms with E-state index in [1.165, 1.54) is 0 Å². The third kappa shape index (κ3) is 4.93. The SMILES string of the molecule is OC[C@H](O)[C@H](O)[C@@H](O)[C@@H](O)/C=N/Nc1ccccc1. The second-order valence-electron chi connectivity index (χ2n) is 3.98. The normalized spacial score (nSPS) is 17.9. The van der Waals surface area contributed by atoms with Crippen LogP contribution in [0.5, 0.6) is 0 Å². The zero-order valence-electron chi connectivity index (χ0n) is 10.2. The third-order valence-corrected chi connectivity index (χ3v) is 2.48. The number of nitrogens with zero attached hydrogens (tertiary/aromatic N) is 1. The summed E-state index contributed by atoms with van der Waals surface area (Å²) in [4.78, 5) is 0. The molecule has 1 aromatic carbocycles. The molecule has 0 fully saturated rings. The average molecular weight is 270 g/mol. The molecule has 1 aromatic rings. The van der Waals surface area contributed by atoms with Crippen LogP contribution in [0.3, 0.4) is 0 Å². The first-order chi connectivity index (χ1) is 9.06. The van der Waals surface area contributed by atoms with Gasteiger partial charge in [0.15, 0.2) is 0 Å².